The van der Waals surface area contributed by atoms with Crippen molar-refractivity contribution in [2.75, 3.05) is 36.4 Å². The van der Waals surface area contributed by atoms with E-state index in [2.05, 4.69) is 5.32 Å². The molecule has 190 valence electrons. The molecule has 0 bridgehead atoms. The number of carbonyl (C=O) groups excluding carboxylic acids is 1. The highest BCUT2D eigenvalue weighted by molar-refractivity contribution is 7.89. The van der Waals surface area contributed by atoms with E-state index < -0.39 is 44.1 Å². The molecule has 1 heterocycles. The van der Waals surface area contributed by atoms with E-state index >= 15 is 0 Å². The van der Waals surface area contributed by atoms with Gasteiger partial charge in [0.15, 0.2) is 0 Å². The van der Waals surface area contributed by atoms with Crippen molar-refractivity contribution in [2.45, 2.75) is 11.1 Å². The van der Waals surface area contributed by atoms with E-state index in [1.165, 1.54) is 12.1 Å². The highest BCUT2D eigenvalue weighted by Gasteiger charge is 2.34. The molecule has 0 saturated carbocycles. The number of amides is 1. The van der Waals surface area contributed by atoms with Crippen LogP contribution in [0.2, 0.25) is 5.02 Å². The van der Waals surface area contributed by atoms with E-state index in [-0.39, 0.29) is 18.7 Å². The zero-order valence-electron chi connectivity index (χ0n) is 18.6. The molecule has 6 nitrogen and oxygen atoms in total. The van der Waals surface area contributed by atoms with Gasteiger partial charge in [0.05, 0.1) is 11.3 Å². The molecule has 1 saturated heterocycles. The van der Waals surface area contributed by atoms with E-state index in [9.17, 15) is 30.8 Å². The first-order chi connectivity index (χ1) is 17.0. The molecule has 3 aromatic rings. The summed E-state index contributed by atoms with van der Waals surface area (Å²) in [7, 11) is -4.32. The summed E-state index contributed by atoms with van der Waals surface area (Å²) in [5.74, 6) is -2.08. The maximum Gasteiger partial charge on any atom is 0.418 e. The van der Waals surface area contributed by atoms with Crippen LogP contribution in [0.5, 0.6) is 0 Å². The largest absolute Gasteiger partial charge is 0.418 e. The Morgan fingerprint density at radius 3 is 2.28 bits per heavy atom. The smallest absolute Gasteiger partial charge is 0.369 e. The molecule has 1 amide bonds. The Balaban J connectivity index is 1.53. The summed E-state index contributed by atoms with van der Waals surface area (Å²) in [4.78, 5) is 13.9. The number of rotatable bonds is 5. The average Bonchev–Trinajstić information content (AvgIpc) is 2.84. The third-order valence-corrected chi connectivity index (χ3v) is 7.85. The minimum Gasteiger partial charge on any atom is -0.369 e. The summed E-state index contributed by atoms with van der Waals surface area (Å²) in [5, 5.41) is 2.67. The van der Waals surface area contributed by atoms with Crippen LogP contribution in [0.15, 0.2) is 71.6 Å². The van der Waals surface area contributed by atoms with Gasteiger partial charge in [-0.25, -0.2) is 12.8 Å². The van der Waals surface area contributed by atoms with Crippen molar-refractivity contribution < 1.29 is 30.8 Å². The predicted octanol–water partition coefficient (Wildman–Crippen LogP) is 5.26. The first-order valence-corrected chi connectivity index (χ1v) is 12.6. The summed E-state index contributed by atoms with van der Waals surface area (Å²) in [6, 6.07) is 14.1. The second-order valence-corrected chi connectivity index (χ2v) is 10.4. The van der Waals surface area contributed by atoms with Crippen molar-refractivity contribution in [2.24, 2.45) is 0 Å². The first-order valence-electron chi connectivity index (χ1n) is 10.7. The molecule has 4 rings (SSSR count). The number of piperazine rings is 1. The molecule has 1 aliphatic heterocycles. The Morgan fingerprint density at radius 1 is 0.917 bits per heavy atom. The summed E-state index contributed by atoms with van der Waals surface area (Å²) >= 11 is 6.02. The molecule has 0 atom stereocenters. The number of halogens is 5. The highest BCUT2D eigenvalue weighted by Crippen LogP contribution is 2.35. The number of para-hydroxylation sites is 1. The van der Waals surface area contributed by atoms with Gasteiger partial charge in [-0.3, -0.25) is 4.79 Å². The van der Waals surface area contributed by atoms with Gasteiger partial charge in [0, 0.05) is 42.5 Å². The van der Waals surface area contributed by atoms with Crippen LogP contribution in [0.25, 0.3) is 0 Å². The van der Waals surface area contributed by atoms with Crippen LogP contribution in [0.1, 0.15) is 15.9 Å². The monoisotopic (exact) mass is 541 g/mol. The molecule has 0 spiro atoms. The predicted molar refractivity (Wildman–Crippen MR) is 128 cm³/mol. The number of carbonyl (C=O) groups is 1. The number of anilines is 2. The Morgan fingerprint density at radius 2 is 1.61 bits per heavy atom. The molecule has 0 aliphatic carbocycles. The van der Waals surface area contributed by atoms with Crippen molar-refractivity contribution in [3.63, 3.8) is 0 Å². The number of nitrogens with zero attached hydrogens (tertiary/aromatic N) is 2. The molecule has 12 heteroatoms. The van der Waals surface area contributed by atoms with Gasteiger partial charge in [-0.05, 0) is 48.5 Å². The van der Waals surface area contributed by atoms with Crippen LogP contribution in [0, 0.1) is 5.82 Å². The Bertz CT molecular complexity index is 1390. The lowest BCUT2D eigenvalue weighted by molar-refractivity contribution is -0.136. The van der Waals surface area contributed by atoms with Crippen LogP contribution in [0.4, 0.5) is 28.9 Å². The lowest BCUT2D eigenvalue weighted by Crippen LogP contribution is -2.48. The quantitative estimate of drug-likeness (QED) is 0.447. The highest BCUT2D eigenvalue weighted by atomic mass is 35.5. The molecular formula is C24H20ClF4N3O3S. The van der Waals surface area contributed by atoms with Crippen molar-refractivity contribution in [1.29, 1.82) is 0 Å². The standard InChI is InChI=1S/C24H20ClF4N3O3S/c25-17-4-3-5-18(15-17)31-10-12-32(13-11-31)36(34,35)22-14-16(8-9-20(22)26)23(33)30-21-7-2-1-6-19(21)24(27,28)29/h1-9,14-15H,10-13H2,(H,30,33). The van der Waals surface area contributed by atoms with E-state index in [1.54, 1.807) is 18.2 Å². The van der Waals surface area contributed by atoms with Crippen molar-refractivity contribution >= 4 is 38.9 Å². The summed E-state index contributed by atoms with van der Waals surface area (Å²) in [5.41, 5.74) is -1.04. The third-order valence-electron chi connectivity index (χ3n) is 5.70. The van der Waals surface area contributed by atoms with Gasteiger partial charge in [-0.1, -0.05) is 29.8 Å². The number of alkyl halides is 3. The van der Waals surface area contributed by atoms with E-state index in [4.69, 9.17) is 11.6 Å². The lowest BCUT2D eigenvalue weighted by Gasteiger charge is -2.35. The molecule has 0 unspecified atom stereocenters. The topological polar surface area (TPSA) is 69.7 Å². The summed E-state index contributed by atoms with van der Waals surface area (Å²) in [6.07, 6.45) is -4.71. The van der Waals surface area contributed by atoms with Gasteiger partial charge < -0.3 is 10.2 Å². The minimum atomic E-state index is -4.71. The van der Waals surface area contributed by atoms with Gasteiger partial charge in [-0.15, -0.1) is 0 Å². The first kappa shape index (κ1) is 25.9. The normalized spacial score (nSPS) is 15.1. The van der Waals surface area contributed by atoms with E-state index in [0.29, 0.717) is 18.1 Å². The second kappa shape index (κ2) is 10.1. The van der Waals surface area contributed by atoms with Crippen molar-refractivity contribution in [3.05, 3.63) is 88.7 Å². The van der Waals surface area contributed by atoms with Crippen LogP contribution in [0.3, 0.4) is 0 Å². The fraction of sp³-hybridized carbons (Fsp3) is 0.208. The van der Waals surface area contributed by atoms with Gasteiger partial charge in [0.25, 0.3) is 5.91 Å². The number of hydrogen-bond donors (Lipinski definition) is 1. The SMILES string of the molecule is O=C(Nc1ccccc1C(F)(F)F)c1ccc(F)c(S(=O)(=O)N2CCN(c3cccc(Cl)c3)CC2)c1. The van der Waals surface area contributed by atoms with E-state index in [1.807, 2.05) is 11.0 Å². The Labute approximate surface area is 210 Å². The lowest BCUT2D eigenvalue weighted by atomic mass is 10.1. The molecule has 0 aromatic heterocycles. The van der Waals surface area contributed by atoms with Gasteiger partial charge in [0.2, 0.25) is 10.0 Å². The van der Waals surface area contributed by atoms with Crippen molar-refractivity contribution in [3.8, 4) is 0 Å². The summed E-state index contributed by atoms with van der Waals surface area (Å²) in [6.45, 7) is 0.776. The van der Waals surface area contributed by atoms with Gasteiger partial charge in [-0.2, -0.15) is 17.5 Å². The molecule has 3 aromatic carbocycles. The summed E-state index contributed by atoms with van der Waals surface area (Å²) < 4.78 is 81.8. The van der Waals surface area contributed by atoms with Crippen molar-refractivity contribution in [1.82, 2.24) is 4.31 Å². The van der Waals surface area contributed by atoms with Gasteiger partial charge >= 0.3 is 6.18 Å². The number of benzene rings is 3. The third kappa shape index (κ3) is 5.48. The maximum absolute atomic E-state index is 14.6. The second-order valence-electron chi connectivity index (χ2n) is 8.01. The van der Waals surface area contributed by atoms with Crippen LogP contribution in [-0.4, -0.2) is 44.8 Å². The number of sulfonamides is 1. The molecule has 1 fully saturated rings. The van der Waals surface area contributed by atoms with Gasteiger partial charge in [0.1, 0.15) is 10.7 Å². The zero-order valence-corrected chi connectivity index (χ0v) is 20.2. The van der Waals surface area contributed by atoms with Crippen LogP contribution >= 0.6 is 11.6 Å². The van der Waals surface area contributed by atoms with E-state index in [0.717, 1.165) is 40.3 Å². The molecule has 36 heavy (non-hydrogen) atoms. The average molecular weight is 542 g/mol. The minimum absolute atomic E-state index is 0.0592. The molecule has 1 aliphatic rings. The number of hydrogen-bond acceptors (Lipinski definition) is 4. The Hall–Kier alpha value is -3.15. The molecular weight excluding hydrogens is 522 g/mol. The molecule has 1 N–H and O–H groups in total. The Kier molecular flexibility index (Phi) is 7.26. The fourth-order valence-corrected chi connectivity index (χ4v) is 5.57. The van der Waals surface area contributed by atoms with Crippen LogP contribution < -0.4 is 10.2 Å². The number of nitrogens with one attached hydrogen (secondary N) is 1. The van der Waals surface area contributed by atoms with Crippen LogP contribution in [-0.2, 0) is 16.2 Å². The maximum atomic E-state index is 14.6. The zero-order chi connectivity index (χ0) is 26.1. The molecule has 0 radical (unpaired) electrons. The fourth-order valence-electron chi connectivity index (χ4n) is 3.87.